The maximum atomic E-state index is 13.4. The fourth-order valence-electron chi connectivity index (χ4n) is 4.31. The topological polar surface area (TPSA) is 73.0 Å². The first-order valence-corrected chi connectivity index (χ1v) is 10.8. The number of nitrogens with zero attached hydrogens (tertiary/aromatic N) is 3. The highest BCUT2D eigenvalue weighted by atomic mass is 19.1. The van der Waals surface area contributed by atoms with Crippen LogP contribution in [0.25, 0.3) is 0 Å². The number of hydrogen-bond donors (Lipinski definition) is 1. The van der Waals surface area contributed by atoms with Gasteiger partial charge in [-0.1, -0.05) is 12.1 Å². The first-order chi connectivity index (χ1) is 15.3. The number of piperidine rings is 1. The van der Waals surface area contributed by atoms with Crippen molar-refractivity contribution in [3.63, 3.8) is 0 Å². The number of carbonyl (C=O) groups is 3. The molecule has 2 aliphatic rings. The summed E-state index contributed by atoms with van der Waals surface area (Å²) in [5.74, 6) is -0.941. The fraction of sp³-hybridized carbons (Fsp3) is 0.375. The summed E-state index contributed by atoms with van der Waals surface area (Å²) in [6.45, 7) is 0.870. The van der Waals surface area contributed by atoms with Crippen LogP contribution in [-0.4, -0.2) is 55.8 Å². The van der Waals surface area contributed by atoms with Gasteiger partial charge in [-0.15, -0.1) is 0 Å². The van der Waals surface area contributed by atoms with Gasteiger partial charge >= 0.3 is 0 Å². The van der Waals surface area contributed by atoms with E-state index in [1.54, 1.807) is 38.4 Å². The molecule has 0 saturated carbocycles. The van der Waals surface area contributed by atoms with Gasteiger partial charge in [0.25, 0.3) is 5.91 Å². The molecule has 0 aliphatic carbocycles. The summed E-state index contributed by atoms with van der Waals surface area (Å²) in [5, 5.41) is 2.80. The maximum Gasteiger partial charge on any atom is 0.253 e. The number of anilines is 2. The zero-order valence-electron chi connectivity index (χ0n) is 18.3. The summed E-state index contributed by atoms with van der Waals surface area (Å²) < 4.78 is 13.1. The molecule has 2 heterocycles. The van der Waals surface area contributed by atoms with Crippen LogP contribution in [0.15, 0.2) is 42.5 Å². The molecular formula is C24H27FN4O3. The number of halogens is 1. The van der Waals surface area contributed by atoms with Gasteiger partial charge in [-0.2, -0.15) is 0 Å². The smallest absolute Gasteiger partial charge is 0.253 e. The molecule has 0 unspecified atom stereocenters. The molecule has 8 heteroatoms. The number of benzene rings is 2. The second kappa shape index (κ2) is 8.98. The monoisotopic (exact) mass is 438 g/mol. The van der Waals surface area contributed by atoms with Crippen molar-refractivity contribution in [3.05, 3.63) is 59.4 Å². The van der Waals surface area contributed by atoms with E-state index in [0.29, 0.717) is 11.3 Å². The molecule has 0 radical (unpaired) electrons. The lowest BCUT2D eigenvalue weighted by molar-refractivity contribution is -0.125. The molecule has 4 rings (SSSR count). The third kappa shape index (κ3) is 4.30. The SMILES string of the molecule is CN(C)C(=O)c1ccc2c(c1)N(CC(=O)NCc1ccc(F)cc1)C(=O)[C@@H]1CCCCN21. The Kier molecular flexibility index (Phi) is 6.12. The van der Waals surface area contributed by atoms with Crippen molar-refractivity contribution < 1.29 is 18.8 Å². The average molecular weight is 439 g/mol. The number of nitrogens with one attached hydrogen (secondary N) is 1. The molecule has 1 N–H and O–H groups in total. The predicted octanol–water partition coefficient (Wildman–Crippen LogP) is 2.55. The lowest BCUT2D eigenvalue weighted by atomic mass is 9.95. The first-order valence-electron chi connectivity index (χ1n) is 10.8. The van der Waals surface area contributed by atoms with Crippen molar-refractivity contribution in [1.82, 2.24) is 10.2 Å². The molecule has 168 valence electrons. The highest BCUT2D eigenvalue weighted by molar-refractivity contribution is 6.09. The summed E-state index contributed by atoms with van der Waals surface area (Å²) >= 11 is 0. The average Bonchev–Trinajstić information content (AvgIpc) is 2.80. The van der Waals surface area contributed by atoms with Gasteiger partial charge in [0, 0.05) is 32.7 Å². The molecule has 0 bridgehead atoms. The normalized spacial score (nSPS) is 17.5. The molecule has 2 aromatic carbocycles. The predicted molar refractivity (Wildman–Crippen MR) is 120 cm³/mol. The Morgan fingerprint density at radius 3 is 2.56 bits per heavy atom. The number of fused-ring (bicyclic) bond motifs is 3. The van der Waals surface area contributed by atoms with Gasteiger partial charge in [0.05, 0.1) is 11.4 Å². The zero-order chi connectivity index (χ0) is 22.8. The fourth-order valence-corrected chi connectivity index (χ4v) is 4.31. The minimum atomic E-state index is -0.337. The van der Waals surface area contributed by atoms with Crippen LogP contribution in [0.5, 0.6) is 0 Å². The van der Waals surface area contributed by atoms with E-state index < -0.39 is 0 Å². The molecule has 0 spiro atoms. The second-order valence-corrected chi connectivity index (χ2v) is 8.44. The molecule has 7 nitrogen and oxygen atoms in total. The van der Waals surface area contributed by atoms with Crippen molar-refractivity contribution in [1.29, 1.82) is 0 Å². The largest absolute Gasteiger partial charge is 0.358 e. The lowest BCUT2D eigenvalue weighted by Crippen LogP contribution is -2.57. The number of hydrogen-bond acceptors (Lipinski definition) is 4. The highest BCUT2D eigenvalue weighted by Crippen LogP contribution is 2.40. The number of carbonyl (C=O) groups excluding carboxylic acids is 3. The first kappa shape index (κ1) is 21.8. The lowest BCUT2D eigenvalue weighted by Gasteiger charge is -2.45. The standard InChI is InChI=1S/C24H27FN4O3/c1-27(2)23(31)17-8-11-19-21(13-17)29(24(32)20-5-3-4-12-28(19)20)15-22(30)26-14-16-6-9-18(25)10-7-16/h6-11,13,20H,3-5,12,14-15H2,1-2H3,(H,26,30)/t20-/m0/s1. The van der Waals surface area contributed by atoms with Crippen LogP contribution >= 0.6 is 0 Å². The minimum absolute atomic E-state index is 0.122. The number of amides is 3. The van der Waals surface area contributed by atoms with E-state index in [1.807, 2.05) is 6.07 Å². The molecule has 1 saturated heterocycles. The second-order valence-electron chi connectivity index (χ2n) is 8.44. The summed E-state index contributed by atoms with van der Waals surface area (Å²) in [6.07, 6.45) is 2.70. The van der Waals surface area contributed by atoms with Crippen LogP contribution in [-0.2, 0) is 16.1 Å². The third-order valence-electron chi connectivity index (χ3n) is 5.99. The summed E-state index contributed by atoms with van der Waals surface area (Å²) in [5.41, 5.74) is 2.69. The summed E-state index contributed by atoms with van der Waals surface area (Å²) in [4.78, 5) is 43.7. The van der Waals surface area contributed by atoms with E-state index in [0.717, 1.165) is 37.1 Å². The third-order valence-corrected chi connectivity index (χ3v) is 5.99. The van der Waals surface area contributed by atoms with Crippen molar-refractivity contribution in [2.75, 3.05) is 37.0 Å². The van der Waals surface area contributed by atoms with Crippen molar-refractivity contribution in [3.8, 4) is 0 Å². The van der Waals surface area contributed by atoms with E-state index in [4.69, 9.17) is 0 Å². The Bertz CT molecular complexity index is 1040. The molecule has 1 atom stereocenters. The van der Waals surface area contributed by atoms with Crippen molar-refractivity contribution >= 4 is 29.1 Å². The molecule has 2 aromatic rings. The van der Waals surface area contributed by atoms with Gasteiger partial charge in [-0.05, 0) is 55.2 Å². The van der Waals surface area contributed by atoms with Crippen LogP contribution in [0.2, 0.25) is 0 Å². The Morgan fingerprint density at radius 2 is 1.84 bits per heavy atom. The van der Waals surface area contributed by atoms with Crippen LogP contribution in [0.3, 0.4) is 0 Å². The van der Waals surface area contributed by atoms with Crippen LogP contribution < -0.4 is 15.1 Å². The summed E-state index contributed by atoms with van der Waals surface area (Å²) in [6, 6.07) is 11.0. The van der Waals surface area contributed by atoms with Crippen molar-refractivity contribution in [2.24, 2.45) is 0 Å². The van der Waals surface area contributed by atoms with Gasteiger partial charge in [0.1, 0.15) is 18.4 Å². The summed E-state index contributed by atoms with van der Waals surface area (Å²) in [7, 11) is 3.35. The Morgan fingerprint density at radius 1 is 1.09 bits per heavy atom. The van der Waals surface area contributed by atoms with E-state index in [1.165, 1.54) is 21.9 Å². The Balaban J connectivity index is 1.59. The van der Waals surface area contributed by atoms with Crippen LogP contribution in [0.4, 0.5) is 15.8 Å². The zero-order valence-corrected chi connectivity index (χ0v) is 18.3. The molecule has 0 aromatic heterocycles. The highest BCUT2D eigenvalue weighted by Gasteiger charge is 2.40. The molecule has 32 heavy (non-hydrogen) atoms. The molecular weight excluding hydrogens is 411 g/mol. The van der Waals surface area contributed by atoms with Crippen molar-refractivity contribution in [2.45, 2.75) is 31.8 Å². The molecule has 2 aliphatic heterocycles. The maximum absolute atomic E-state index is 13.4. The minimum Gasteiger partial charge on any atom is -0.358 e. The van der Waals surface area contributed by atoms with Crippen LogP contribution in [0, 0.1) is 5.82 Å². The van der Waals surface area contributed by atoms with Gasteiger partial charge in [0.2, 0.25) is 11.8 Å². The van der Waals surface area contributed by atoms with Crippen LogP contribution in [0.1, 0.15) is 35.2 Å². The van der Waals surface area contributed by atoms with E-state index in [9.17, 15) is 18.8 Å². The van der Waals surface area contributed by atoms with Gasteiger partial charge < -0.3 is 15.1 Å². The molecule has 1 fully saturated rings. The van der Waals surface area contributed by atoms with Gasteiger partial charge in [0.15, 0.2) is 0 Å². The van der Waals surface area contributed by atoms with E-state index in [-0.39, 0.29) is 42.7 Å². The quantitative estimate of drug-likeness (QED) is 0.779. The Hall–Kier alpha value is -3.42. The van der Waals surface area contributed by atoms with Gasteiger partial charge in [-0.3, -0.25) is 19.3 Å². The van der Waals surface area contributed by atoms with Gasteiger partial charge in [-0.25, -0.2) is 4.39 Å². The molecule has 3 amide bonds. The van der Waals surface area contributed by atoms with E-state index >= 15 is 0 Å². The number of rotatable bonds is 5. The Labute approximate surface area is 186 Å². The van der Waals surface area contributed by atoms with E-state index in [2.05, 4.69) is 10.2 Å².